The number of aromatic nitrogens is 2. The van der Waals surface area contributed by atoms with Gasteiger partial charge in [-0.3, -0.25) is 0 Å². The molecule has 0 aliphatic rings. The van der Waals surface area contributed by atoms with Crippen molar-refractivity contribution in [2.75, 3.05) is 13.2 Å². The van der Waals surface area contributed by atoms with Crippen LogP contribution < -0.4 is 14.6 Å². The van der Waals surface area contributed by atoms with Gasteiger partial charge < -0.3 is 9.94 Å². The van der Waals surface area contributed by atoms with Crippen molar-refractivity contribution in [2.24, 2.45) is 10.3 Å². The summed E-state index contributed by atoms with van der Waals surface area (Å²) in [5.74, 6) is -0.427. The minimum absolute atomic E-state index is 0.0417. The summed E-state index contributed by atoms with van der Waals surface area (Å²) in [7, 11) is -3.83. The Morgan fingerprint density at radius 1 is 1.48 bits per heavy atom. The standard InChI is InChI=1S/C13H16FN5O5S/c1-8-6-9(2-3-10(8)14)7-11(17-20)12-13(19-24-18-12)23-5-4-16-25(15,21)22/h2-3,6,16,20H,4-5,7H2,1H3,(H2,15,21,22)/b17-11+. The Labute approximate surface area is 142 Å². The second-order valence-electron chi connectivity index (χ2n) is 5.01. The SMILES string of the molecule is Cc1cc(C/C(=N\O)c2nonc2OCCNS(N)(=O)=O)ccc1F. The van der Waals surface area contributed by atoms with Gasteiger partial charge in [0, 0.05) is 13.0 Å². The quantitative estimate of drug-likeness (QED) is 0.257. The number of halogens is 1. The van der Waals surface area contributed by atoms with Crippen molar-refractivity contribution in [3.05, 3.63) is 40.8 Å². The zero-order valence-corrected chi connectivity index (χ0v) is 14.0. The van der Waals surface area contributed by atoms with E-state index >= 15 is 0 Å². The van der Waals surface area contributed by atoms with Crippen LogP contribution in [0.25, 0.3) is 0 Å². The molecule has 0 spiro atoms. The van der Waals surface area contributed by atoms with Crippen LogP contribution in [0.3, 0.4) is 0 Å². The molecule has 4 N–H and O–H groups in total. The molecule has 0 bridgehead atoms. The molecular weight excluding hydrogens is 357 g/mol. The van der Waals surface area contributed by atoms with Gasteiger partial charge in [0.05, 0.1) is 0 Å². The summed E-state index contributed by atoms with van der Waals surface area (Å²) in [4.78, 5) is 0. The fraction of sp³-hybridized carbons (Fsp3) is 0.308. The van der Waals surface area contributed by atoms with E-state index in [1.165, 1.54) is 12.1 Å². The first-order valence-corrected chi connectivity index (χ1v) is 8.54. The predicted molar refractivity (Wildman–Crippen MR) is 84.1 cm³/mol. The van der Waals surface area contributed by atoms with Crippen molar-refractivity contribution < 1.29 is 27.4 Å². The molecule has 2 aromatic rings. The summed E-state index contributed by atoms with van der Waals surface area (Å²) in [5.41, 5.74) is 1.25. The van der Waals surface area contributed by atoms with Crippen molar-refractivity contribution >= 4 is 15.9 Å². The number of nitrogens with one attached hydrogen (secondary N) is 1. The number of aryl methyl sites for hydroxylation is 1. The van der Waals surface area contributed by atoms with Gasteiger partial charge in [-0.1, -0.05) is 17.3 Å². The second-order valence-corrected chi connectivity index (χ2v) is 6.39. The first kappa shape index (κ1) is 18.8. The third-order valence-electron chi connectivity index (χ3n) is 3.09. The number of nitrogens with two attached hydrogens (primary N) is 1. The van der Waals surface area contributed by atoms with Crippen LogP contribution in [0.1, 0.15) is 16.8 Å². The topological polar surface area (TPSA) is 153 Å². The van der Waals surface area contributed by atoms with Crippen molar-refractivity contribution in [3.63, 3.8) is 0 Å². The first-order valence-electron chi connectivity index (χ1n) is 6.99. The molecule has 0 aliphatic carbocycles. The number of ether oxygens (including phenoxy) is 1. The third-order valence-corrected chi connectivity index (χ3v) is 3.70. The van der Waals surface area contributed by atoms with Crippen LogP contribution in [0.2, 0.25) is 0 Å². The monoisotopic (exact) mass is 373 g/mol. The molecule has 0 aliphatic heterocycles. The number of hydrogen-bond donors (Lipinski definition) is 3. The Hall–Kier alpha value is -2.57. The third kappa shape index (κ3) is 5.48. The Kier molecular flexibility index (Phi) is 6.01. The minimum atomic E-state index is -3.83. The summed E-state index contributed by atoms with van der Waals surface area (Å²) >= 11 is 0. The molecule has 0 unspecified atom stereocenters. The van der Waals surface area contributed by atoms with E-state index < -0.39 is 10.2 Å². The summed E-state index contributed by atoms with van der Waals surface area (Å²) in [6.07, 6.45) is 0.123. The molecule has 0 atom stereocenters. The lowest BCUT2D eigenvalue weighted by atomic mass is 10.0. The average Bonchev–Trinajstić information content (AvgIpc) is 3.00. The molecule has 0 saturated carbocycles. The molecule has 1 heterocycles. The van der Waals surface area contributed by atoms with E-state index in [4.69, 9.17) is 9.88 Å². The van der Waals surface area contributed by atoms with Crippen molar-refractivity contribution in [1.82, 2.24) is 15.0 Å². The van der Waals surface area contributed by atoms with Crippen LogP contribution in [0.15, 0.2) is 28.0 Å². The second kappa shape index (κ2) is 8.00. The largest absolute Gasteiger partial charge is 0.472 e. The lowest BCUT2D eigenvalue weighted by Gasteiger charge is -2.06. The van der Waals surface area contributed by atoms with E-state index in [1.807, 2.05) is 4.72 Å². The molecule has 10 nitrogen and oxygen atoms in total. The maximum Gasteiger partial charge on any atom is 0.285 e. The maximum atomic E-state index is 13.3. The molecule has 1 aromatic carbocycles. The van der Waals surface area contributed by atoms with E-state index in [9.17, 15) is 18.0 Å². The van der Waals surface area contributed by atoms with Gasteiger partial charge in [0.25, 0.3) is 16.1 Å². The number of oxime groups is 1. The van der Waals surface area contributed by atoms with Gasteiger partial charge in [0.15, 0.2) is 5.69 Å². The molecule has 0 saturated heterocycles. The van der Waals surface area contributed by atoms with E-state index in [1.54, 1.807) is 13.0 Å². The first-order chi connectivity index (χ1) is 11.8. The zero-order valence-electron chi connectivity index (χ0n) is 13.1. The van der Waals surface area contributed by atoms with E-state index in [2.05, 4.69) is 20.1 Å². The predicted octanol–water partition coefficient (Wildman–Crippen LogP) is 0.110. The summed E-state index contributed by atoms with van der Waals surface area (Å²) < 4.78 is 46.7. The molecule has 2 rings (SSSR count). The Morgan fingerprint density at radius 2 is 2.24 bits per heavy atom. The lowest BCUT2D eigenvalue weighted by molar-refractivity contribution is 0.258. The highest BCUT2D eigenvalue weighted by atomic mass is 32.2. The van der Waals surface area contributed by atoms with Gasteiger partial charge in [-0.2, -0.15) is 13.1 Å². The van der Waals surface area contributed by atoms with Crippen LogP contribution in [-0.4, -0.2) is 42.8 Å². The average molecular weight is 373 g/mol. The highest BCUT2D eigenvalue weighted by molar-refractivity contribution is 7.87. The van der Waals surface area contributed by atoms with Crippen LogP contribution in [0.4, 0.5) is 4.39 Å². The Balaban J connectivity index is 2.06. The normalized spacial score (nSPS) is 12.4. The summed E-state index contributed by atoms with van der Waals surface area (Å²) in [6.45, 7) is 1.40. The van der Waals surface area contributed by atoms with Gasteiger partial charge in [0.2, 0.25) is 0 Å². The van der Waals surface area contributed by atoms with Crippen LogP contribution >= 0.6 is 0 Å². The zero-order chi connectivity index (χ0) is 18.4. The molecule has 12 heteroatoms. The van der Waals surface area contributed by atoms with E-state index in [-0.39, 0.29) is 42.7 Å². The van der Waals surface area contributed by atoms with Gasteiger partial charge in [0.1, 0.15) is 18.1 Å². The molecule has 0 radical (unpaired) electrons. The van der Waals surface area contributed by atoms with Gasteiger partial charge in [-0.05, 0) is 34.4 Å². The summed E-state index contributed by atoms with van der Waals surface area (Å²) in [6, 6.07) is 4.44. The fourth-order valence-electron chi connectivity index (χ4n) is 1.96. The van der Waals surface area contributed by atoms with Gasteiger partial charge in [-0.25, -0.2) is 14.2 Å². The highest BCUT2D eigenvalue weighted by Gasteiger charge is 2.19. The van der Waals surface area contributed by atoms with Gasteiger partial charge in [-0.15, -0.1) is 0 Å². The molecule has 0 amide bonds. The minimum Gasteiger partial charge on any atom is -0.472 e. The van der Waals surface area contributed by atoms with E-state index in [0.717, 1.165) is 0 Å². The molecule has 136 valence electrons. The smallest absolute Gasteiger partial charge is 0.285 e. The maximum absolute atomic E-state index is 13.3. The van der Waals surface area contributed by atoms with Crippen molar-refractivity contribution in [2.45, 2.75) is 13.3 Å². The number of benzene rings is 1. The Bertz CT molecular complexity index is 867. The Morgan fingerprint density at radius 3 is 2.88 bits per heavy atom. The molecule has 0 fully saturated rings. The highest BCUT2D eigenvalue weighted by Crippen LogP contribution is 2.17. The molecule has 1 aromatic heterocycles. The fourth-order valence-corrected chi connectivity index (χ4v) is 2.33. The number of nitrogens with zero attached hydrogens (tertiary/aromatic N) is 3. The van der Waals surface area contributed by atoms with Crippen molar-refractivity contribution in [1.29, 1.82) is 0 Å². The van der Waals surface area contributed by atoms with Crippen molar-refractivity contribution in [3.8, 4) is 5.88 Å². The molecule has 25 heavy (non-hydrogen) atoms. The molecular formula is C13H16FN5O5S. The lowest BCUT2D eigenvalue weighted by Crippen LogP contribution is -2.34. The van der Waals surface area contributed by atoms with Crippen LogP contribution in [-0.2, 0) is 16.6 Å². The van der Waals surface area contributed by atoms with Crippen LogP contribution in [0, 0.1) is 12.7 Å². The summed E-state index contributed by atoms with van der Waals surface area (Å²) in [5, 5.41) is 24.3. The van der Waals surface area contributed by atoms with Gasteiger partial charge >= 0.3 is 0 Å². The number of hydrogen-bond acceptors (Lipinski definition) is 8. The van der Waals surface area contributed by atoms with E-state index in [0.29, 0.717) is 11.1 Å². The number of rotatable bonds is 8. The van der Waals surface area contributed by atoms with Crippen LogP contribution in [0.5, 0.6) is 5.88 Å².